The molecule has 182 valence electrons. The van der Waals surface area contributed by atoms with E-state index in [9.17, 15) is 19.5 Å². The maximum Gasteiger partial charge on any atom is 0.407 e. The van der Waals surface area contributed by atoms with Crippen molar-refractivity contribution in [2.24, 2.45) is 7.05 Å². The molecule has 0 radical (unpaired) electrons. The molecular weight excluding hydrogens is 448 g/mol. The third-order valence-electron chi connectivity index (χ3n) is 6.65. The molecule has 0 bridgehead atoms. The van der Waals surface area contributed by atoms with E-state index in [-0.39, 0.29) is 24.8 Å². The quantitative estimate of drug-likeness (QED) is 0.540. The van der Waals surface area contributed by atoms with E-state index in [4.69, 9.17) is 4.74 Å². The Morgan fingerprint density at radius 1 is 1.09 bits per heavy atom. The van der Waals surface area contributed by atoms with Crippen LogP contribution in [0.15, 0.2) is 54.7 Å². The number of hydrogen-bond donors (Lipinski definition) is 2. The first-order valence-electron chi connectivity index (χ1n) is 11.2. The van der Waals surface area contributed by atoms with E-state index in [1.165, 1.54) is 31.8 Å². The van der Waals surface area contributed by atoms with Crippen molar-refractivity contribution in [1.82, 2.24) is 20.0 Å². The molecule has 9 nitrogen and oxygen atoms in total. The maximum atomic E-state index is 13.0. The van der Waals surface area contributed by atoms with Crippen molar-refractivity contribution in [2.75, 3.05) is 13.7 Å². The van der Waals surface area contributed by atoms with E-state index in [1.807, 2.05) is 36.4 Å². The highest BCUT2D eigenvalue weighted by Gasteiger charge is 2.37. The molecule has 2 N–H and O–H groups in total. The number of aryl methyl sites for hydroxylation is 1. The number of fused-ring (bicyclic) bond motifs is 3. The fourth-order valence-corrected chi connectivity index (χ4v) is 4.26. The molecule has 0 unspecified atom stereocenters. The van der Waals surface area contributed by atoms with Gasteiger partial charge in [0.15, 0.2) is 0 Å². The molecule has 2 amide bonds. The minimum absolute atomic E-state index is 0.00687. The van der Waals surface area contributed by atoms with Crippen LogP contribution in [-0.2, 0) is 23.1 Å². The predicted octanol–water partition coefficient (Wildman–Crippen LogP) is 3.39. The van der Waals surface area contributed by atoms with Crippen LogP contribution < -0.4 is 5.32 Å². The van der Waals surface area contributed by atoms with Crippen molar-refractivity contribution in [3.05, 3.63) is 77.1 Å². The molecular formula is C26H28N4O5. The Hall–Kier alpha value is -4.14. The summed E-state index contributed by atoms with van der Waals surface area (Å²) >= 11 is 0. The van der Waals surface area contributed by atoms with Gasteiger partial charge in [-0.1, -0.05) is 48.5 Å². The molecule has 9 heteroatoms. The lowest BCUT2D eigenvalue weighted by Gasteiger charge is -2.31. The summed E-state index contributed by atoms with van der Waals surface area (Å²) in [6, 6.07) is 16.2. The van der Waals surface area contributed by atoms with E-state index >= 15 is 0 Å². The highest BCUT2D eigenvalue weighted by Crippen LogP contribution is 2.44. The van der Waals surface area contributed by atoms with Gasteiger partial charge in [-0.05, 0) is 36.1 Å². The van der Waals surface area contributed by atoms with Crippen LogP contribution in [0.3, 0.4) is 0 Å². The molecule has 0 aliphatic heterocycles. The SMILES string of the molecule is CN(C(=O)c1c(CNC(=O)OCC2c3ccccc3-c3ccccc32)cnn1C)C(C)(C)C(=O)O. The number of ether oxygens (including phenoxy) is 1. The van der Waals surface area contributed by atoms with Crippen molar-refractivity contribution in [3.8, 4) is 11.1 Å². The first kappa shape index (κ1) is 24.0. The number of carbonyl (C=O) groups excluding carboxylic acids is 2. The summed E-state index contributed by atoms with van der Waals surface area (Å²) < 4.78 is 6.92. The number of carbonyl (C=O) groups is 3. The van der Waals surface area contributed by atoms with Crippen molar-refractivity contribution in [2.45, 2.75) is 31.8 Å². The third kappa shape index (κ3) is 4.37. The lowest BCUT2D eigenvalue weighted by Crippen LogP contribution is -2.51. The number of aromatic nitrogens is 2. The van der Waals surface area contributed by atoms with Gasteiger partial charge in [0.1, 0.15) is 17.8 Å². The zero-order chi connectivity index (χ0) is 25.3. The van der Waals surface area contributed by atoms with E-state index in [1.54, 1.807) is 7.05 Å². The number of aliphatic carboxylic acids is 1. The van der Waals surface area contributed by atoms with Crippen LogP contribution in [0.1, 0.15) is 46.9 Å². The van der Waals surface area contributed by atoms with Crippen LogP contribution in [0.4, 0.5) is 4.79 Å². The molecule has 0 saturated heterocycles. The summed E-state index contributed by atoms with van der Waals surface area (Å²) in [5.41, 5.74) is 3.75. The molecule has 1 aliphatic carbocycles. The lowest BCUT2D eigenvalue weighted by atomic mass is 9.98. The van der Waals surface area contributed by atoms with Crippen molar-refractivity contribution >= 4 is 18.0 Å². The third-order valence-corrected chi connectivity index (χ3v) is 6.65. The molecule has 0 saturated carbocycles. The largest absolute Gasteiger partial charge is 0.480 e. The van der Waals surface area contributed by atoms with Gasteiger partial charge >= 0.3 is 12.1 Å². The van der Waals surface area contributed by atoms with Gasteiger partial charge in [-0.2, -0.15) is 5.10 Å². The predicted molar refractivity (Wildman–Crippen MR) is 129 cm³/mol. The minimum atomic E-state index is -1.42. The summed E-state index contributed by atoms with van der Waals surface area (Å²) in [7, 11) is 3.01. The number of amides is 2. The number of nitrogens with zero attached hydrogens (tertiary/aromatic N) is 3. The van der Waals surface area contributed by atoms with E-state index < -0.39 is 23.5 Å². The Morgan fingerprint density at radius 3 is 2.23 bits per heavy atom. The number of nitrogens with one attached hydrogen (secondary N) is 1. The maximum absolute atomic E-state index is 13.0. The molecule has 1 aromatic heterocycles. The van der Waals surface area contributed by atoms with Gasteiger partial charge in [0.25, 0.3) is 5.91 Å². The number of carboxylic acids is 1. The summed E-state index contributed by atoms with van der Waals surface area (Å²) in [6.45, 7) is 3.07. The van der Waals surface area contributed by atoms with Crippen molar-refractivity contribution in [1.29, 1.82) is 0 Å². The monoisotopic (exact) mass is 476 g/mol. The van der Waals surface area contributed by atoms with Crippen LogP contribution in [0.25, 0.3) is 11.1 Å². The topological polar surface area (TPSA) is 114 Å². The van der Waals surface area contributed by atoms with Crippen LogP contribution in [0.5, 0.6) is 0 Å². The first-order valence-corrected chi connectivity index (χ1v) is 11.2. The van der Waals surface area contributed by atoms with E-state index in [2.05, 4.69) is 22.5 Å². The molecule has 4 rings (SSSR count). The first-order chi connectivity index (χ1) is 16.6. The Morgan fingerprint density at radius 2 is 1.66 bits per heavy atom. The highest BCUT2D eigenvalue weighted by atomic mass is 16.5. The second-order valence-corrected chi connectivity index (χ2v) is 9.05. The van der Waals surface area contributed by atoms with E-state index in [0.717, 1.165) is 27.2 Å². The van der Waals surface area contributed by atoms with Gasteiger partial charge in [0.2, 0.25) is 0 Å². The fourth-order valence-electron chi connectivity index (χ4n) is 4.26. The van der Waals surface area contributed by atoms with E-state index in [0.29, 0.717) is 5.56 Å². The highest BCUT2D eigenvalue weighted by molar-refractivity contribution is 5.97. The summed E-state index contributed by atoms with van der Waals surface area (Å²) in [5, 5.41) is 16.2. The Kier molecular flexibility index (Phi) is 6.34. The Balaban J connectivity index is 1.42. The Labute approximate surface area is 203 Å². The molecule has 0 spiro atoms. The molecule has 2 aromatic carbocycles. The molecule has 3 aromatic rings. The average Bonchev–Trinajstić information content (AvgIpc) is 3.37. The molecule has 1 aliphatic rings. The zero-order valence-electron chi connectivity index (χ0n) is 20.1. The Bertz CT molecular complexity index is 1250. The van der Waals surface area contributed by atoms with Crippen LogP contribution in [-0.4, -0.2) is 57.0 Å². The average molecular weight is 477 g/mol. The minimum Gasteiger partial charge on any atom is -0.480 e. The van der Waals surface area contributed by atoms with Gasteiger partial charge in [-0.25, -0.2) is 9.59 Å². The van der Waals surface area contributed by atoms with Crippen molar-refractivity contribution < 1.29 is 24.2 Å². The fraction of sp³-hybridized carbons (Fsp3) is 0.308. The molecule has 1 heterocycles. The molecule has 35 heavy (non-hydrogen) atoms. The second kappa shape index (κ2) is 9.25. The van der Waals surface area contributed by atoms with Crippen molar-refractivity contribution in [3.63, 3.8) is 0 Å². The number of hydrogen-bond acceptors (Lipinski definition) is 5. The number of alkyl carbamates (subject to hydrolysis) is 1. The number of carboxylic acid groups (broad SMARTS) is 1. The van der Waals surface area contributed by atoms with Gasteiger partial charge in [-0.15, -0.1) is 0 Å². The number of rotatable bonds is 7. The van der Waals surface area contributed by atoms with Crippen LogP contribution >= 0.6 is 0 Å². The van der Waals surface area contributed by atoms with Crippen LogP contribution in [0.2, 0.25) is 0 Å². The molecule has 0 atom stereocenters. The summed E-state index contributed by atoms with van der Waals surface area (Å²) in [5.74, 6) is -1.70. The van der Waals surface area contributed by atoms with Gasteiger partial charge in [-0.3, -0.25) is 9.48 Å². The van der Waals surface area contributed by atoms with Crippen LogP contribution in [0, 0.1) is 0 Å². The molecule has 0 fully saturated rings. The normalized spacial score (nSPS) is 12.6. The number of likely N-dealkylation sites (N-methyl/N-ethyl adjacent to an activating group) is 1. The van der Waals surface area contributed by atoms with Gasteiger partial charge < -0.3 is 20.1 Å². The summed E-state index contributed by atoms with van der Waals surface area (Å²) in [6.07, 6.45) is 0.854. The standard InChI is InChI=1S/C26H28N4O5/c1-26(2,24(32)33)29(3)23(31)22-16(14-28-30(22)4)13-27-25(34)35-15-21-19-11-7-5-9-17(19)18-10-6-8-12-20(18)21/h5-12,14,21H,13,15H2,1-4H3,(H,27,34)(H,32,33). The lowest BCUT2D eigenvalue weighted by molar-refractivity contribution is -0.147. The van der Waals surface area contributed by atoms with Gasteiger partial charge in [0, 0.05) is 25.6 Å². The number of benzene rings is 2. The van der Waals surface area contributed by atoms with Gasteiger partial charge in [0.05, 0.1) is 12.7 Å². The zero-order valence-corrected chi connectivity index (χ0v) is 20.1. The second-order valence-electron chi connectivity index (χ2n) is 9.05. The smallest absolute Gasteiger partial charge is 0.407 e. The summed E-state index contributed by atoms with van der Waals surface area (Å²) in [4.78, 5) is 38.3.